The minimum atomic E-state index is 0.573. The SMILES string of the molecule is CCc1c(N)n[nH]c1-c1ccc(N)cc1. The van der Waals surface area contributed by atoms with Gasteiger partial charge in [0, 0.05) is 16.8 Å². The summed E-state index contributed by atoms with van der Waals surface area (Å²) in [5.41, 5.74) is 15.2. The first-order chi connectivity index (χ1) is 7.22. The van der Waals surface area contributed by atoms with E-state index in [0.29, 0.717) is 5.82 Å². The number of aromatic amines is 1. The molecule has 0 fully saturated rings. The predicted molar refractivity (Wildman–Crippen MR) is 62.2 cm³/mol. The van der Waals surface area contributed by atoms with Crippen LogP contribution in [-0.4, -0.2) is 10.2 Å². The smallest absolute Gasteiger partial charge is 0.149 e. The Kier molecular flexibility index (Phi) is 2.33. The number of benzene rings is 1. The van der Waals surface area contributed by atoms with Crippen molar-refractivity contribution in [2.75, 3.05) is 11.5 Å². The van der Waals surface area contributed by atoms with Gasteiger partial charge < -0.3 is 11.5 Å². The van der Waals surface area contributed by atoms with Gasteiger partial charge in [0.05, 0.1) is 5.69 Å². The van der Waals surface area contributed by atoms with E-state index in [1.165, 1.54) is 0 Å². The topological polar surface area (TPSA) is 80.7 Å². The minimum absolute atomic E-state index is 0.573. The van der Waals surface area contributed by atoms with Gasteiger partial charge >= 0.3 is 0 Å². The molecule has 0 aliphatic rings. The van der Waals surface area contributed by atoms with Gasteiger partial charge in [-0.3, -0.25) is 5.10 Å². The fourth-order valence-corrected chi connectivity index (χ4v) is 1.63. The number of nitrogens with zero attached hydrogens (tertiary/aromatic N) is 1. The van der Waals surface area contributed by atoms with E-state index in [4.69, 9.17) is 11.5 Å². The number of nitrogens with two attached hydrogens (primary N) is 2. The van der Waals surface area contributed by atoms with E-state index in [9.17, 15) is 0 Å². The van der Waals surface area contributed by atoms with Crippen molar-refractivity contribution in [2.24, 2.45) is 0 Å². The molecule has 0 bridgehead atoms. The van der Waals surface area contributed by atoms with Gasteiger partial charge in [-0.2, -0.15) is 5.10 Å². The van der Waals surface area contributed by atoms with Gasteiger partial charge in [0.15, 0.2) is 0 Å². The lowest BCUT2D eigenvalue weighted by atomic mass is 10.1. The van der Waals surface area contributed by atoms with Crippen LogP contribution in [-0.2, 0) is 6.42 Å². The van der Waals surface area contributed by atoms with E-state index in [2.05, 4.69) is 17.1 Å². The summed E-state index contributed by atoms with van der Waals surface area (Å²) in [6, 6.07) is 7.65. The van der Waals surface area contributed by atoms with Crippen molar-refractivity contribution in [3.8, 4) is 11.3 Å². The lowest BCUT2D eigenvalue weighted by molar-refractivity contribution is 1.10. The molecule has 1 aromatic heterocycles. The molecular formula is C11H14N4. The fraction of sp³-hybridized carbons (Fsp3) is 0.182. The molecule has 5 N–H and O–H groups in total. The van der Waals surface area contributed by atoms with Crippen LogP contribution in [0.3, 0.4) is 0 Å². The number of rotatable bonds is 2. The molecule has 0 aliphatic carbocycles. The van der Waals surface area contributed by atoms with E-state index in [0.717, 1.165) is 28.9 Å². The van der Waals surface area contributed by atoms with Crippen LogP contribution in [0, 0.1) is 0 Å². The van der Waals surface area contributed by atoms with Crippen molar-refractivity contribution >= 4 is 11.5 Å². The lowest BCUT2D eigenvalue weighted by Gasteiger charge is -2.01. The molecule has 0 unspecified atom stereocenters. The Labute approximate surface area is 88.3 Å². The third kappa shape index (κ3) is 1.66. The first-order valence-electron chi connectivity index (χ1n) is 4.91. The Morgan fingerprint density at radius 3 is 2.47 bits per heavy atom. The molecule has 4 nitrogen and oxygen atoms in total. The second-order valence-electron chi connectivity index (χ2n) is 3.44. The Morgan fingerprint density at radius 2 is 1.87 bits per heavy atom. The number of anilines is 2. The van der Waals surface area contributed by atoms with E-state index >= 15 is 0 Å². The molecule has 0 saturated heterocycles. The molecular weight excluding hydrogens is 188 g/mol. The molecule has 0 spiro atoms. The van der Waals surface area contributed by atoms with E-state index in [1.54, 1.807) is 0 Å². The molecule has 0 radical (unpaired) electrons. The first kappa shape index (κ1) is 9.58. The normalized spacial score (nSPS) is 10.5. The maximum absolute atomic E-state index is 5.75. The number of nitrogens with one attached hydrogen (secondary N) is 1. The van der Waals surface area contributed by atoms with Crippen LogP contribution < -0.4 is 11.5 Å². The van der Waals surface area contributed by atoms with E-state index < -0.39 is 0 Å². The van der Waals surface area contributed by atoms with Crippen LogP contribution in [0.25, 0.3) is 11.3 Å². The number of hydrogen-bond acceptors (Lipinski definition) is 3. The van der Waals surface area contributed by atoms with Crippen molar-refractivity contribution in [3.63, 3.8) is 0 Å². The standard InChI is InChI=1S/C11H14N4/c1-2-9-10(14-15-11(9)13)7-3-5-8(12)6-4-7/h3-6H,2,12H2,1H3,(H3,13,14,15). The molecule has 2 rings (SSSR count). The Bertz CT molecular complexity index is 456. The summed E-state index contributed by atoms with van der Waals surface area (Å²) in [5, 5.41) is 6.95. The largest absolute Gasteiger partial charge is 0.399 e. The third-order valence-electron chi connectivity index (χ3n) is 2.45. The van der Waals surface area contributed by atoms with Gasteiger partial charge in [-0.1, -0.05) is 19.1 Å². The summed E-state index contributed by atoms with van der Waals surface area (Å²) in [6.07, 6.45) is 0.863. The molecule has 1 aromatic carbocycles. The van der Waals surface area contributed by atoms with Crippen LogP contribution in [0.5, 0.6) is 0 Å². The van der Waals surface area contributed by atoms with Crippen molar-refractivity contribution < 1.29 is 0 Å². The van der Waals surface area contributed by atoms with Gasteiger partial charge in [0.25, 0.3) is 0 Å². The van der Waals surface area contributed by atoms with Crippen molar-refractivity contribution in [1.82, 2.24) is 10.2 Å². The number of aromatic nitrogens is 2. The quantitative estimate of drug-likeness (QED) is 0.649. The zero-order chi connectivity index (χ0) is 10.8. The molecule has 78 valence electrons. The van der Waals surface area contributed by atoms with Gasteiger partial charge in [0.1, 0.15) is 5.82 Å². The third-order valence-corrected chi connectivity index (χ3v) is 2.45. The van der Waals surface area contributed by atoms with Crippen LogP contribution in [0.1, 0.15) is 12.5 Å². The average Bonchev–Trinajstić information content (AvgIpc) is 2.61. The van der Waals surface area contributed by atoms with Crippen molar-refractivity contribution in [3.05, 3.63) is 29.8 Å². The maximum Gasteiger partial charge on any atom is 0.149 e. The van der Waals surface area contributed by atoms with Gasteiger partial charge in [-0.25, -0.2) is 0 Å². The maximum atomic E-state index is 5.75. The summed E-state index contributed by atoms with van der Waals surface area (Å²) in [4.78, 5) is 0. The highest BCUT2D eigenvalue weighted by atomic mass is 15.2. The highest BCUT2D eigenvalue weighted by Gasteiger charge is 2.09. The molecule has 1 heterocycles. The van der Waals surface area contributed by atoms with Crippen molar-refractivity contribution in [1.29, 1.82) is 0 Å². The Hall–Kier alpha value is -1.97. The fourth-order valence-electron chi connectivity index (χ4n) is 1.63. The molecule has 0 saturated carbocycles. The Balaban J connectivity index is 2.49. The molecule has 0 amide bonds. The van der Waals surface area contributed by atoms with Crippen LogP contribution >= 0.6 is 0 Å². The zero-order valence-corrected chi connectivity index (χ0v) is 8.62. The molecule has 15 heavy (non-hydrogen) atoms. The van der Waals surface area contributed by atoms with E-state index in [1.807, 2.05) is 24.3 Å². The monoisotopic (exact) mass is 202 g/mol. The highest BCUT2D eigenvalue weighted by molar-refractivity contribution is 5.69. The molecule has 0 aliphatic heterocycles. The minimum Gasteiger partial charge on any atom is -0.399 e. The second kappa shape index (κ2) is 3.65. The summed E-state index contributed by atoms with van der Waals surface area (Å²) in [6.45, 7) is 2.06. The summed E-state index contributed by atoms with van der Waals surface area (Å²) in [7, 11) is 0. The summed E-state index contributed by atoms with van der Waals surface area (Å²) in [5.74, 6) is 0.573. The first-order valence-corrected chi connectivity index (χ1v) is 4.91. The second-order valence-corrected chi connectivity index (χ2v) is 3.44. The Morgan fingerprint density at radius 1 is 1.20 bits per heavy atom. The summed E-state index contributed by atoms with van der Waals surface area (Å²) >= 11 is 0. The van der Waals surface area contributed by atoms with Gasteiger partial charge in [-0.05, 0) is 18.6 Å². The van der Waals surface area contributed by atoms with Gasteiger partial charge in [-0.15, -0.1) is 0 Å². The van der Waals surface area contributed by atoms with Gasteiger partial charge in [0.2, 0.25) is 0 Å². The predicted octanol–water partition coefficient (Wildman–Crippen LogP) is 1.80. The number of hydrogen-bond donors (Lipinski definition) is 3. The molecule has 0 atom stereocenters. The lowest BCUT2D eigenvalue weighted by Crippen LogP contribution is -1.91. The number of H-pyrrole nitrogens is 1. The van der Waals surface area contributed by atoms with Crippen molar-refractivity contribution in [2.45, 2.75) is 13.3 Å². The average molecular weight is 202 g/mol. The van der Waals surface area contributed by atoms with Crippen LogP contribution in [0.4, 0.5) is 11.5 Å². The van der Waals surface area contributed by atoms with Crippen LogP contribution in [0.15, 0.2) is 24.3 Å². The molecule has 4 heteroatoms. The van der Waals surface area contributed by atoms with E-state index in [-0.39, 0.29) is 0 Å². The highest BCUT2D eigenvalue weighted by Crippen LogP contribution is 2.25. The number of nitrogen functional groups attached to an aromatic ring is 2. The molecule has 2 aromatic rings. The summed E-state index contributed by atoms with van der Waals surface area (Å²) < 4.78 is 0. The van der Waals surface area contributed by atoms with Crippen LogP contribution in [0.2, 0.25) is 0 Å². The zero-order valence-electron chi connectivity index (χ0n) is 8.62.